The Bertz CT molecular complexity index is 658. The van der Waals surface area contributed by atoms with Gasteiger partial charge in [0, 0.05) is 11.5 Å². The molecule has 1 aromatic heterocycles. The van der Waals surface area contributed by atoms with Crippen LogP contribution in [0.5, 0.6) is 0 Å². The van der Waals surface area contributed by atoms with Crippen molar-refractivity contribution < 1.29 is 0 Å². The van der Waals surface area contributed by atoms with Crippen LogP contribution in [0.25, 0.3) is 17.7 Å². The van der Waals surface area contributed by atoms with Crippen LogP contribution in [0, 0.1) is 0 Å². The van der Waals surface area contributed by atoms with E-state index in [1.54, 1.807) is 5.56 Å². The van der Waals surface area contributed by atoms with Crippen molar-refractivity contribution in [2.45, 2.75) is 25.2 Å². The fourth-order valence-corrected chi connectivity index (χ4v) is 3.82. The average Bonchev–Trinajstić information content (AvgIpc) is 2.64. The normalized spacial score (nSPS) is 24.3. The minimum atomic E-state index is 0.635. The van der Waals surface area contributed by atoms with E-state index in [2.05, 4.69) is 50.1 Å². The van der Waals surface area contributed by atoms with Crippen molar-refractivity contribution in [3.63, 3.8) is 0 Å². The van der Waals surface area contributed by atoms with Crippen molar-refractivity contribution in [3.8, 4) is 0 Å². The molecule has 4 rings (SSSR count). The highest BCUT2D eigenvalue weighted by Crippen LogP contribution is 2.35. The highest BCUT2D eigenvalue weighted by atomic mass is 79.9. The van der Waals surface area contributed by atoms with Gasteiger partial charge in [-0.1, -0.05) is 30.4 Å². The summed E-state index contributed by atoms with van der Waals surface area (Å²) in [6.45, 7) is 0. The molecule has 0 aliphatic heterocycles. The van der Waals surface area contributed by atoms with Crippen LogP contribution < -0.4 is 10.7 Å². The third kappa shape index (κ3) is 0.963. The molecular weight excluding hydrogens is 262 g/mol. The molecule has 2 heteroatoms. The van der Waals surface area contributed by atoms with Gasteiger partial charge in [-0.05, 0) is 30.4 Å². The number of rotatable bonds is 0. The van der Waals surface area contributed by atoms with E-state index in [1.807, 2.05) is 0 Å². The van der Waals surface area contributed by atoms with Gasteiger partial charge >= 0.3 is 0 Å². The summed E-state index contributed by atoms with van der Waals surface area (Å²) in [5, 5.41) is 2.74. The molecule has 16 heavy (non-hydrogen) atoms. The summed E-state index contributed by atoms with van der Waals surface area (Å²) in [6, 6.07) is 0. The fraction of sp³-hybridized carbons (Fsp3) is 0.286. The molecule has 1 unspecified atom stereocenters. The third-order valence-electron chi connectivity index (χ3n) is 3.86. The van der Waals surface area contributed by atoms with Crippen LogP contribution in [-0.2, 0) is 0 Å². The maximum atomic E-state index is 3.70. The molecule has 3 aliphatic carbocycles. The summed E-state index contributed by atoms with van der Waals surface area (Å²) in [6.07, 6.45) is 15.2. The van der Waals surface area contributed by atoms with Gasteiger partial charge in [0.05, 0.1) is 26.8 Å². The molecule has 1 nitrogen and oxygen atoms in total. The van der Waals surface area contributed by atoms with Crippen LogP contribution in [0.3, 0.4) is 0 Å². The summed E-state index contributed by atoms with van der Waals surface area (Å²) in [5.41, 5.74) is 4.43. The Hall–Kier alpha value is -1.02. The van der Waals surface area contributed by atoms with Gasteiger partial charge in [0.25, 0.3) is 0 Å². The number of hydrogen-bond acceptors (Lipinski definition) is 0. The van der Waals surface area contributed by atoms with Crippen LogP contribution in [0.2, 0.25) is 0 Å². The molecule has 0 aromatic carbocycles. The monoisotopic (exact) mass is 273 g/mol. The Labute approximate surface area is 103 Å². The predicted molar refractivity (Wildman–Crippen MR) is 70.6 cm³/mol. The third-order valence-corrected chi connectivity index (χ3v) is 4.62. The van der Waals surface area contributed by atoms with E-state index in [1.165, 1.54) is 34.7 Å². The molecule has 1 atom stereocenters. The SMILES string of the molecule is Brn1c2c3c4c1=CCCC4C=CC3=CCC=2. The molecule has 0 spiro atoms. The van der Waals surface area contributed by atoms with Crippen molar-refractivity contribution in [1.29, 1.82) is 0 Å². The van der Waals surface area contributed by atoms with Gasteiger partial charge in [-0.25, -0.2) is 0 Å². The first-order valence-electron chi connectivity index (χ1n) is 5.86. The molecule has 80 valence electrons. The highest BCUT2D eigenvalue weighted by Gasteiger charge is 2.27. The minimum Gasteiger partial charge on any atom is -0.277 e. The van der Waals surface area contributed by atoms with Crippen LogP contribution in [0.15, 0.2) is 18.2 Å². The molecule has 3 aliphatic rings. The van der Waals surface area contributed by atoms with Gasteiger partial charge in [-0.15, -0.1) is 0 Å². The second kappa shape index (κ2) is 3.01. The van der Waals surface area contributed by atoms with Crippen LogP contribution in [-0.4, -0.2) is 3.59 Å². The summed E-state index contributed by atoms with van der Waals surface area (Å²) in [7, 11) is 0. The number of allylic oxidation sites excluding steroid dienone is 4. The highest BCUT2D eigenvalue weighted by molar-refractivity contribution is 9.08. The Morgan fingerprint density at radius 2 is 2.12 bits per heavy atom. The molecule has 1 heterocycles. The zero-order valence-electron chi connectivity index (χ0n) is 8.91. The molecule has 0 amide bonds. The Morgan fingerprint density at radius 3 is 3.06 bits per heavy atom. The molecule has 0 fully saturated rings. The summed E-state index contributed by atoms with van der Waals surface area (Å²) in [4.78, 5) is 0. The van der Waals surface area contributed by atoms with Crippen LogP contribution in [0.4, 0.5) is 0 Å². The summed E-state index contributed by atoms with van der Waals surface area (Å²) >= 11 is 3.70. The molecule has 0 N–H and O–H groups in total. The lowest BCUT2D eigenvalue weighted by Crippen LogP contribution is -2.22. The Kier molecular flexibility index (Phi) is 1.70. The van der Waals surface area contributed by atoms with Crippen molar-refractivity contribution >= 4 is 33.9 Å². The quantitative estimate of drug-likeness (QED) is 0.685. The number of nitrogens with zero attached hydrogens (tertiary/aromatic N) is 1. The van der Waals surface area contributed by atoms with Gasteiger partial charge in [0.1, 0.15) is 0 Å². The lowest BCUT2D eigenvalue weighted by Gasteiger charge is -2.22. The van der Waals surface area contributed by atoms with Gasteiger partial charge in [0.2, 0.25) is 0 Å². The lowest BCUT2D eigenvalue weighted by atomic mass is 9.81. The predicted octanol–water partition coefficient (Wildman–Crippen LogP) is 2.44. The first-order chi connectivity index (χ1) is 7.86. The molecular formula is C14H12BrN. The van der Waals surface area contributed by atoms with E-state index >= 15 is 0 Å². The zero-order valence-corrected chi connectivity index (χ0v) is 10.5. The van der Waals surface area contributed by atoms with Crippen molar-refractivity contribution in [3.05, 3.63) is 40.1 Å². The van der Waals surface area contributed by atoms with E-state index in [4.69, 9.17) is 0 Å². The fourth-order valence-electron chi connectivity index (χ4n) is 3.16. The Balaban J connectivity index is 2.26. The molecule has 0 bridgehead atoms. The second-order valence-corrected chi connectivity index (χ2v) is 5.40. The first-order valence-corrected chi connectivity index (χ1v) is 6.57. The van der Waals surface area contributed by atoms with E-state index in [0.29, 0.717) is 5.92 Å². The van der Waals surface area contributed by atoms with Crippen molar-refractivity contribution in [2.24, 2.45) is 0 Å². The van der Waals surface area contributed by atoms with Gasteiger partial charge in [-0.3, -0.25) is 3.59 Å². The van der Waals surface area contributed by atoms with Crippen LogP contribution >= 0.6 is 16.1 Å². The average molecular weight is 274 g/mol. The smallest absolute Gasteiger partial charge is 0.0570 e. The van der Waals surface area contributed by atoms with E-state index in [0.717, 1.165) is 6.42 Å². The number of aromatic nitrogens is 1. The first kappa shape index (κ1) is 9.06. The van der Waals surface area contributed by atoms with Gasteiger partial charge in [-0.2, -0.15) is 0 Å². The van der Waals surface area contributed by atoms with E-state index in [-0.39, 0.29) is 0 Å². The molecule has 0 saturated heterocycles. The molecule has 0 radical (unpaired) electrons. The summed E-state index contributed by atoms with van der Waals surface area (Å²) in [5.74, 6) is 0.635. The van der Waals surface area contributed by atoms with Crippen LogP contribution in [0.1, 0.15) is 36.3 Å². The van der Waals surface area contributed by atoms with Crippen molar-refractivity contribution in [2.75, 3.05) is 0 Å². The lowest BCUT2D eigenvalue weighted by molar-refractivity contribution is 0.735. The second-order valence-electron chi connectivity index (χ2n) is 4.69. The number of hydrogen-bond donors (Lipinski definition) is 0. The van der Waals surface area contributed by atoms with Gasteiger partial charge < -0.3 is 0 Å². The topological polar surface area (TPSA) is 4.93 Å². The standard InChI is InChI=1S/C14H12BrN/c15-16-11-5-1-3-9-7-8-10-4-2-6-12(16)14(10)13(9)11/h3,5-8,10H,1-2,4H2. The van der Waals surface area contributed by atoms with E-state index in [9.17, 15) is 0 Å². The Morgan fingerprint density at radius 1 is 1.19 bits per heavy atom. The number of halogens is 1. The maximum absolute atomic E-state index is 3.70. The molecule has 1 aromatic rings. The summed E-state index contributed by atoms with van der Waals surface area (Å²) < 4.78 is 2.20. The van der Waals surface area contributed by atoms with Crippen molar-refractivity contribution in [1.82, 2.24) is 3.59 Å². The maximum Gasteiger partial charge on any atom is 0.0570 e. The largest absolute Gasteiger partial charge is 0.277 e. The minimum absolute atomic E-state index is 0.635. The van der Waals surface area contributed by atoms with E-state index < -0.39 is 0 Å². The molecule has 0 saturated carbocycles. The zero-order chi connectivity index (χ0) is 10.7. The van der Waals surface area contributed by atoms with Gasteiger partial charge in [0.15, 0.2) is 0 Å².